The number of anilines is 1. The van der Waals surface area contributed by atoms with Crippen molar-refractivity contribution in [1.82, 2.24) is 4.91 Å². The number of carboxylic acid groups (broad SMARTS) is 1. The summed E-state index contributed by atoms with van der Waals surface area (Å²) in [6, 6.07) is 6.52. The van der Waals surface area contributed by atoms with Crippen LogP contribution in [-0.4, -0.2) is 63.9 Å². The van der Waals surface area contributed by atoms with Crippen molar-refractivity contribution < 1.29 is 29.2 Å². The first-order chi connectivity index (χ1) is 12.7. The molecular formula is C16H24N4O6. The molecule has 0 unspecified atom stereocenters. The summed E-state index contributed by atoms with van der Waals surface area (Å²) < 4.78 is 15.8. The summed E-state index contributed by atoms with van der Waals surface area (Å²) in [6.07, 6.45) is -1.32. The summed E-state index contributed by atoms with van der Waals surface area (Å²) in [4.78, 5) is 15.2. The average molecular weight is 368 g/mol. The van der Waals surface area contributed by atoms with Crippen molar-refractivity contribution in [2.24, 2.45) is 5.11 Å². The predicted octanol–water partition coefficient (Wildman–Crippen LogP) is -0.0712. The van der Waals surface area contributed by atoms with Crippen LogP contribution in [0, 0.1) is 5.53 Å². The Morgan fingerprint density at radius 3 is 2.19 bits per heavy atom. The largest absolute Gasteiger partial charge is 0.530 e. The van der Waals surface area contributed by atoms with Gasteiger partial charge in [-0.2, -0.15) is 0 Å². The van der Waals surface area contributed by atoms with E-state index in [9.17, 15) is 9.90 Å². The number of amides is 1. The molecule has 0 saturated carbocycles. The summed E-state index contributed by atoms with van der Waals surface area (Å²) in [6.45, 7) is 2.49. The van der Waals surface area contributed by atoms with Crippen molar-refractivity contribution in [3.8, 4) is 0 Å². The Bertz CT molecular complexity index is 562. The van der Waals surface area contributed by atoms with Crippen molar-refractivity contribution in [2.75, 3.05) is 57.6 Å². The summed E-state index contributed by atoms with van der Waals surface area (Å²) >= 11 is 0. The molecule has 2 N–H and O–H groups in total. The molecule has 10 heteroatoms. The van der Waals surface area contributed by atoms with Crippen LogP contribution in [0.2, 0.25) is 0 Å². The molecule has 0 aliphatic carbocycles. The zero-order valence-corrected chi connectivity index (χ0v) is 14.5. The van der Waals surface area contributed by atoms with E-state index < -0.39 is 6.09 Å². The zero-order chi connectivity index (χ0) is 19.0. The van der Waals surface area contributed by atoms with Crippen LogP contribution in [0.1, 0.15) is 5.56 Å². The number of nitrogens with zero attached hydrogens (tertiary/aromatic N) is 3. The number of carbonyl (C=O) groups is 1. The topological polar surface area (TPSA) is 142 Å². The number of nitrogens with one attached hydrogen (secondary N) is 1. The number of aliphatic hydroxyl groups excluding tert-OH is 1. The van der Waals surface area contributed by atoms with E-state index in [0.29, 0.717) is 50.8 Å². The van der Waals surface area contributed by atoms with Crippen molar-refractivity contribution in [3.05, 3.63) is 29.8 Å². The zero-order valence-electron chi connectivity index (χ0n) is 14.5. The standard InChI is InChI=1S/C16H24N4O6/c17-19-18-5-7-24-9-11-26-12-10-25-8-6-20(16(22)23)15-3-1-14(13-21)2-4-15/h1-4,17,21H,5-13H2. The van der Waals surface area contributed by atoms with E-state index in [0.717, 1.165) is 4.90 Å². The summed E-state index contributed by atoms with van der Waals surface area (Å²) in [5.41, 5.74) is 7.62. The third-order valence-corrected chi connectivity index (χ3v) is 3.26. The molecule has 0 atom stereocenters. The van der Waals surface area contributed by atoms with Gasteiger partial charge in [0.2, 0.25) is 4.91 Å². The fourth-order valence-electron chi connectivity index (χ4n) is 1.96. The van der Waals surface area contributed by atoms with Crippen LogP contribution in [-0.2, 0) is 20.8 Å². The van der Waals surface area contributed by atoms with Crippen molar-refractivity contribution in [2.45, 2.75) is 6.61 Å². The number of carbonyl (C=O) groups excluding carboxylic acids is 1. The van der Waals surface area contributed by atoms with E-state index in [1.54, 1.807) is 24.3 Å². The molecule has 1 aromatic carbocycles. The monoisotopic (exact) mass is 368 g/mol. The molecular weight excluding hydrogens is 344 g/mol. The van der Waals surface area contributed by atoms with Gasteiger partial charge in [-0.3, -0.25) is 0 Å². The molecule has 0 saturated heterocycles. The molecule has 0 aromatic heterocycles. The molecule has 0 fully saturated rings. The van der Waals surface area contributed by atoms with Gasteiger partial charge in [-0.05, 0) is 17.7 Å². The average Bonchev–Trinajstić information content (AvgIpc) is 2.65. The second-order valence-corrected chi connectivity index (χ2v) is 5.04. The summed E-state index contributed by atoms with van der Waals surface area (Å²) in [5.74, 6) is 0. The summed E-state index contributed by atoms with van der Waals surface area (Å²) in [5, 5.41) is 23.7. The van der Waals surface area contributed by atoms with Crippen LogP contribution in [0.4, 0.5) is 10.5 Å². The van der Waals surface area contributed by atoms with E-state index in [-0.39, 0.29) is 19.8 Å². The Morgan fingerprint density at radius 2 is 1.65 bits per heavy atom. The Balaban J connectivity index is 2.12. The Labute approximate surface area is 151 Å². The molecule has 0 aliphatic rings. The van der Waals surface area contributed by atoms with Gasteiger partial charge >= 0.3 is 0 Å². The predicted molar refractivity (Wildman–Crippen MR) is 89.7 cm³/mol. The molecule has 1 aromatic rings. The molecule has 26 heavy (non-hydrogen) atoms. The van der Waals surface area contributed by atoms with E-state index in [1.165, 1.54) is 0 Å². The Kier molecular flexibility index (Phi) is 11.6. The second-order valence-electron chi connectivity index (χ2n) is 5.04. The number of ether oxygens (including phenoxy) is 3. The van der Waals surface area contributed by atoms with E-state index in [1.807, 2.05) is 0 Å². The van der Waals surface area contributed by atoms with Crippen molar-refractivity contribution in [3.63, 3.8) is 0 Å². The van der Waals surface area contributed by atoms with Gasteiger partial charge in [0.1, 0.15) is 23.3 Å². The van der Waals surface area contributed by atoms with Crippen LogP contribution in [0.15, 0.2) is 29.4 Å². The molecule has 0 aliphatic heterocycles. The molecule has 0 spiro atoms. The van der Waals surface area contributed by atoms with Crippen LogP contribution < -0.4 is 14.9 Å². The number of hydrogen-bond donors (Lipinski definition) is 2. The highest BCUT2D eigenvalue weighted by atomic mass is 16.5. The van der Waals surface area contributed by atoms with Gasteiger partial charge in [-0.15, -0.1) is 0 Å². The number of benzene rings is 1. The lowest BCUT2D eigenvalue weighted by Crippen LogP contribution is -2.43. The highest BCUT2D eigenvalue weighted by Crippen LogP contribution is 2.15. The quantitative estimate of drug-likeness (QED) is 0.267. The maximum atomic E-state index is 11.2. The first-order valence-electron chi connectivity index (χ1n) is 8.13. The molecule has 0 radical (unpaired) electrons. The van der Waals surface area contributed by atoms with E-state index >= 15 is 0 Å². The minimum absolute atomic E-state index is 0.101. The van der Waals surface area contributed by atoms with E-state index in [2.05, 4.69) is 10.0 Å². The second kappa shape index (κ2) is 13.9. The fraction of sp³-hybridized carbons (Fsp3) is 0.562. The Hall–Kier alpha value is -2.36. The smallest absolute Gasteiger partial charge is 0.214 e. The van der Waals surface area contributed by atoms with Crippen LogP contribution in [0.5, 0.6) is 0 Å². The number of hydrogen-bond acceptors (Lipinski definition) is 8. The molecule has 1 rings (SSSR count). The third kappa shape index (κ3) is 9.21. The van der Waals surface area contributed by atoms with Gasteiger partial charge < -0.3 is 34.1 Å². The SMILES string of the molecule is N=[N+]=NCCOCCOCCOCCN(C(=O)[O-])c1ccc(CO)cc1. The lowest BCUT2D eigenvalue weighted by Gasteiger charge is -2.25. The van der Waals surface area contributed by atoms with Gasteiger partial charge in [0.05, 0.1) is 46.2 Å². The minimum Gasteiger partial charge on any atom is -0.530 e. The van der Waals surface area contributed by atoms with Gasteiger partial charge in [-0.1, -0.05) is 12.1 Å². The maximum Gasteiger partial charge on any atom is 0.214 e. The van der Waals surface area contributed by atoms with Crippen LogP contribution in [0.25, 0.3) is 0 Å². The van der Waals surface area contributed by atoms with Crippen LogP contribution in [0.3, 0.4) is 0 Å². The van der Waals surface area contributed by atoms with Crippen LogP contribution >= 0.6 is 0 Å². The molecule has 10 nitrogen and oxygen atoms in total. The minimum atomic E-state index is -1.32. The maximum absolute atomic E-state index is 11.2. The highest BCUT2D eigenvalue weighted by Gasteiger charge is 2.07. The third-order valence-electron chi connectivity index (χ3n) is 3.26. The van der Waals surface area contributed by atoms with Crippen molar-refractivity contribution >= 4 is 11.8 Å². The number of rotatable bonds is 14. The van der Waals surface area contributed by atoms with Crippen molar-refractivity contribution in [1.29, 1.82) is 5.53 Å². The van der Waals surface area contributed by atoms with Gasteiger partial charge in [0.15, 0.2) is 0 Å². The normalized spacial score (nSPS) is 10.3. The van der Waals surface area contributed by atoms with E-state index in [4.69, 9.17) is 24.8 Å². The molecule has 0 bridgehead atoms. The summed E-state index contributed by atoms with van der Waals surface area (Å²) in [7, 11) is 0. The van der Waals surface area contributed by atoms with Gasteiger partial charge in [0, 0.05) is 12.2 Å². The molecule has 1 amide bonds. The van der Waals surface area contributed by atoms with Gasteiger partial charge in [-0.25, -0.2) is 0 Å². The first-order valence-corrected chi connectivity index (χ1v) is 8.13. The highest BCUT2D eigenvalue weighted by molar-refractivity contribution is 5.84. The van der Waals surface area contributed by atoms with Gasteiger partial charge in [0.25, 0.3) is 0 Å². The number of aliphatic hydroxyl groups is 1. The fourth-order valence-corrected chi connectivity index (χ4v) is 1.96. The lowest BCUT2D eigenvalue weighted by molar-refractivity contribution is -0.246. The Morgan fingerprint density at radius 1 is 1.08 bits per heavy atom. The molecule has 0 heterocycles. The lowest BCUT2D eigenvalue weighted by atomic mass is 10.2. The molecule has 144 valence electrons. The first kappa shape index (κ1) is 21.7.